The predicted octanol–water partition coefficient (Wildman–Crippen LogP) is 3.99. The molecule has 1 fully saturated rings. The number of rotatable bonds is 2. The molecule has 0 amide bonds. The molecule has 0 bridgehead atoms. The largest absolute Gasteiger partial charge is 0.299 e. The highest BCUT2D eigenvalue weighted by molar-refractivity contribution is 5.37. The molecule has 1 nitrogen and oxygen atoms in total. The molecule has 2 atom stereocenters. The maximum Gasteiger partial charge on any atom is 0.0832 e. The Balaban J connectivity index is 2.26. The molecule has 0 heterocycles. The Morgan fingerprint density at radius 2 is 1.95 bits per heavy atom. The second-order valence-electron chi connectivity index (χ2n) is 6.03. The standard InChI is InChI=1S/C18H25N/c1-15(2)19-18(13-8-7-9-16(18)3)14-12-17-10-5-4-6-11-17/h4-6,10-11,15-16,19H,7-9,13H2,1-3H3/t16-,18-/m1/s1. The summed E-state index contributed by atoms with van der Waals surface area (Å²) in [6, 6.07) is 10.8. The molecular weight excluding hydrogens is 230 g/mol. The lowest BCUT2D eigenvalue weighted by Crippen LogP contribution is -2.53. The first kappa shape index (κ1) is 14.2. The van der Waals surface area contributed by atoms with Gasteiger partial charge in [-0.25, -0.2) is 0 Å². The monoisotopic (exact) mass is 255 g/mol. The van der Waals surface area contributed by atoms with Crippen molar-refractivity contribution in [2.24, 2.45) is 5.92 Å². The van der Waals surface area contributed by atoms with Gasteiger partial charge in [-0.05, 0) is 44.7 Å². The third-order valence-electron chi connectivity index (χ3n) is 4.05. The van der Waals surface area contributed by atoms with Crippen molar-refractivity contribution in [3.8, 4) is 11.8 Å². The van der Waals surface area contributed by atoms with Crippen LogP contribution in [0, 0.1) is 17.8 Å². The Morgan fingerprint density at radius 3 is 2.58 bits per heavy atom. The molecule has 1 aromatic rings. The molecule has 0 aromatic heterocycles. The van der Waals surface area contributed by atoms with Crippen molar-refractivity contribution in [1.29, 1.82) is 0 Å². The van der Waals surface area contributed by atoms with Gasteiger partial charge in [-0.3, -0.25) is 5.32 Å². The highest BCUT2D eigenvalue weighted by atomic mass is 15.0. The van der Waals surface area contributed by atoms with Crippen LogP contribution in [-0.2, 0) is 0 Å². The summed E-state index contributed by atoms with van der Waals surface area (Å²) >= 11 is 0. The number of benzene rings is 1. The zero-order chi connectivity index (χ0) is 13.7. The zero-order valence-corrected chi connectivity index (χ0v) is 12.4. The van der Waals surface area contributed by atoms with E-state index in [1.165, 1.54) is 25.7 Å². The molecule has 0 aliphatic heterocycles. The van der Waals surface area contributed by atoms with Crippen LogP contribution in [0.3, 0.4) is 0 Å². The van der Waals surface area contributed by atoms with Crippen LogP contribution in [0.25, 0.3) is 0 Å². The lowest BCUT2D eigenvalue weighted by Gasteiger charge is -2.41. The van der Waals surface area contributed by atoms with Gasteiger partial charge in [0.2, 0.25) is 0 Å². The first-order valence-electron chi connectivity index (χ1n) is 7.48. The summed E-state index contributed by atoms with van der Waals surface area (Å²) in [5.74, 6) is 7.57. The Morgan fingerprint density at radius 1 is 1.21 bits per heavy atom. The van der Waals surface area contributed by atoms with E-state index in [0.29, 0.717) is 12.0 Å². The molecule has 0 saturated heterocycles. The van der Waals surface area contributed by atoms with Crippen LogP contribution in [-0.4, -0.2) is 11.6 Å². The molecule has 1 N–H and O–H groups in total. The smallest absolute Gasteiger partial charge is 0.0832 e. The fourth-order valence-corrected chi connectivity index (χ4v) is 3.00. The molecule has 0 spiro atoms. The first-order chi connectivity index (χ1) is 9.12. The lowest BCUT2D eigenvalue weighted by atomic mass is 9.73. The van der Waals surface area contributed by atoms with Crippen molar-refractivity contribution in [1.82, 2.24) is 5.32 Å². The fraction of sp³-hybridized carbons (Fsp3) is 0.556. The summed E-state index contributed by atoms with van der Waals surface area (Å²) in [6.45, 7) is 6.77. The average Bonchev–Trinajstić information content (AvgIpc) is 2.40. The van der Waals surface area contributed by atoms with E-state index in [-0.39, 0.29) is 5.54 Å². The van der Waals surface area contributed by atoms with E-state index in [0.717, 1.165) is 5.56 Å². The van der Waals surface area contributed by atoms with Gasteiger partial charge in [0.15, 0.2) is 0 Å². The topological polar surface area (TPSA) is 12.0 Å². The normalized spacial score (nSPS) is 26.8. The summed E-state index contributed by atoms with van der Waals surface area (Å²) in [4.78, 5) is 0. The van der Waals surface area contributed by atoms with Crippen LogP contribution in [0.15, 0.2) is 30.3 Å². The quantitative estimate of drug-likeness (QED) is 0.788. The second kappa shape index (κ2) is 6.26. The van der Waals surface area contributed by atoms with Crippen molar-refractivity contribution in [3.63, 3.8) is 0 Å². The molecule has 102 valence electrons. The van der Waals surface area contributed by atoms with Crippen LogP contribution in [0.2, 0.25) is 0 Å². The highest BCUT2D eigenvalue weighted by Crippen LogP contribution is 2.33. The van der Waals surface area contributed by atoms with Gasteiger partial charge in [-0.1, -0.05) is 49.8 Å². The minimum absolute atomic E-state index is 0.00224. The summed E-state index contributed by atoms with van der Waals surface area (Å²) < 4.78 is 0. The van der Waals surface area contributed by atoms with Crippen LogP contribution in [0.5, 0.6) is 0 Å². The van der Waals surface area contributed by atoms with E-state index in [4.69, 9.17) is 0 Å². The van der Waals surface area contributed by atoms with Crippen molar-refractivity contribution in [2.45, 2.75) is 58.0 Å². The maximum atomic E-state index is 3.74. The van der Waals surface area contributed by atoms with Crippen molar-refractivity contribution >= 4 is 0 Å². The van der Waals surface area contributed by atoms with Gasteiger partial charge in [-0.2, -0.15) is 0 Å². The van der Waals surface area contributed by atoms with Crippen LogP contribution in [0.4, 0.5) is 0 Å². The maximum absolute atomic E-state index is 3.74. The van der Waals surface area contributed by atoms with E-state index in [9.17, 15) is 0 Å². The van der Waals surface area contributed by atoms with Crippen molar-refractivity contribution in [3.05, 3.63) is 35.9 Å². The van der Waals surface area contributed by atoms with E-state index >= 15 is 0 Å². The molecule has 2 rings (SSSR count). The van der Waals surface area contributed by atoms with Crippen molar-refractivity contribution < 1.29 is 0 Å². The Kier molecular flexibility index (Phi) is 4.66. The van der Waals surface area contributed by atoms with Gasteiger partial charge in [-0.15, -0.1) is 0 Å². The third kappa shape index (κ3) is 3.61. The van der Waals surface area contributed by atoms with E-state index in [1.54, 1.807) is 0 Å². The first-order valence-corrected chi connectivity index (χ1v) is 7.48. The van der Waals surface area contributed by atoms with Crippen LogP contribution >= 0.6 is 0 Å². The molecule has 1 saturated carbocycles. The third-order valence-corrected chi connectivity index (χ3v) is 4.05. The minimum atomic E-state index is 0.00224. The average molecular weight is 255 g/mol. The summed E-state index contributed by atoms with van der Waals surface area (Å²) in [7, 11) is 0. The van der Waals surface area contributed by atoms with Gasteiger partial charge < -0.3 is 0 Å². The molecule has 1 heteroatoms. The summed E-state index contributed by atoms with van der Waals surface area (Å²) in [5, 5.41) is 3.74. The Hall–Kier alpha value is -1.26. The lowest BCUT2D eigenvalue weighted by molar-refractivity contribution is 0.202. The fourth-order valence-electron chi connectivity index (χ4n) is 3.00. The Bertz CT molecular complexity index is 452. The molecule has 0 radical (unpaired) electrons. The highest BCUT2D eigenvalue weighted by Gasteiger charge is 2.36. The number of hydrogen-bond donors (Lipinski definition) is 1. The van der Waals surface area contributed by atoms with E-state index in [1.807, 2.05) is 6.07 Å². The van der Waals surface area contributed by atoms with Crippen LogP contribution in [0.1, 0.15) is 52.0 Å². The van der Waals surface area contributed by atoms with Crippen molar-refractivity contribution in [2.75, 3.05) is 0 Å². The van der Waals surface area contributed by atoms with Gasteiger partial charge >= 0.3 is 0 Å². The molecule has 19 heavy (non-hydrogen) atoms. The van der Waals surface area contributed by atoms with Gasteiger partial charge in [0.05, 0.1) is 5.54 Å². The van der Waals surface area contributed by atoms with Gasteiger partial charge in [0.1, 0.15) is 0 Å². The summed E-state index contributed by atoms with van der Waals surface area (Å²) in [5.41, 5.74) is 1.12. The summed E-state index contributed by atoms with van der Waals surface area (Å²) in [6.07, 6.45) is 5.08. The minimum Gasteiger partial charge on any atom is -0.299 e. The van der Waals surface area contributed by atoms with E-state index < -0.39 is 0 Å². The van der Waals surface area contributed by atoms with Gasteiger partial charge in [0.25, 0.3) is 0 Å². The molecule has 1 aliphatic carbocycles. The number of nitrogens with one attached hydrogen (secondary N) is 1. The molecule has 1 aliphatic rings. The molecule has 0 unspecified atom stereocenters. The molecule has 1 aromatic carbocycles. The van der Waals surface area contributed by atoms with E-state index in [2.05, 4.69) is 62.2 Å². The predicted molar refractivity (Wildman–Crippen MR) is 82.0 cm³/mol. The number of hydrogen-bond acceptors (Lipinski definition) is 1. The second-order valence-corrected chi connectivity index (χ2v) is 6.03. The van der Waals surface area contributed by atoms with Crippen LogP contribution < -0.4 is 5.32 Å². The zero-order valence-electron chi connectivity index (χ0n) is 12.4. The van der Waals surface area contributed by atoms with Gasteiger partial charge in [0, 0.05) is 11.6 Å². The SMILES string of the molecule is CC(C)N[C@@]1(C#Cc2ccccc2)CCCC[C@H]1C. The Labute approximate surface area is 117 Å². The molecular formula is C18H25N.